The van der Waals surface area contributed by atoms with Crippen LogP contribution in [0.3, 0.4) is 0 Å². The SMILES string of the molecule is C.CCC[C@H](NC(=O)[C@H](CC(C)C)NC(=O)CCNC(C)=O)C(=O)N[C@@H](CC(C)C)[C@@H](O)CC(=O)N[C@H](C(=O)NCC)C(C)C. The van der Waals surface area contributed by atoms with Crippen molar-refractivity contribution in [3.63, 3.8) is 0 Å². The van der Waals surface area contributed by atoms with Crippen LogP contribution in [-0.2, 0) is 28.8 Å². The summed E-state index contributed by atoms with van der Waals surface area (Å²) in [6, 6.07) is -3.36. The molecule has 262 valence electrons. The average molecular weight is 643 g/mol. The number of likely N-dealkylation sites (N-methyl/N-ethyl adjacent to an activating group) is 1. The van der Waals surface area contributed by atoms with Crippen LogP contribution in [0.15, 0.2) is 0 Å². The minimum Gasteiger partial charge on any atom is -0.390 e. The molecule has 0 saturated heterocycles. The highest BCUT2D eigenvalue weighted by Gasteiger charge is 2.32. The van der Waals surface area contributed by atoms with Gasteiger partial charge in [-0.2, -0.15) is 0 Å². The molecule has 13 nitrogen and oxygen atoms in total. The van der Waals surface area contributed by atoms with E-state index in [1.54, 1.807) is 6.92 Å². The minimum absolute atomic E-state index is 0. The molecule has 13 heteroatoms. The predicted octanol–water partition coefficient (Wildman–Crippen LogP) is 1.52. The van der Waals surface area contributed by atoms with Gasteiger partial charge in [-0.1, -0.05) is 62.3 Å². The van der Waals surface area contributed by atoms with Crippen molar-refractivity contribution in [1.82, 2.24) is 31.9 Å². The fraction of sp³-hybridized carbons (Fsp3) is 0.812. The maximum Gasteiger partial charge on any atom is 0.243 e. The molecule has 0 saturated carbocycles. The highest BCUT2D eigenvalue weighted by Crippen LogP contribution is 2.14. The van der Waals surface area contributed by atoms with Gasteiger partial charge in [0, 0.05) is 26.4 Å². The normalized spacial score (nSPS) is 14.3. The third kappa shape index (κ3) is 19.0. The highest BCUT2D eigenvalue weighted by atomic mass is 16.3. The Morgan fingerprint density at radius 2 is 1.27 bits per heavy atom. The number of aliphatic hydroxyl groups excluding tert-OH is 1. The lowest BCUT2D eigenvalue weighted by Crippen LogP contribution is -2.57. The Kier molecular flexibility index (Phi) is 22.6. The number of hydrogen-bond acceptors (Lipinski definition) is 7. The van der Waals surface area contributed by atoms with Crippen molar-refractivity contribution in [3.8, 4) is 0 Å². The van der Waals surface area contributed by atoms with Crippen LogP contribution in [0.2, 0.25) is 0 Å². The van der Waals surface area contributed by atoms with E-state index in [0.717, 1.165) is 0 Å². The molecule has 5 atom stereocenters. The Hall–Kier alpha value is -3.22. The average Bonchev–Trinajstić information content (AvgIpc) is 2.89. The molecule has 0 rings (SSSR count). The Morgan fingerprint density at radius 3 is 1.76 bits per heavy atom. The van der Waals surface area contributed by atoms with Gasteiger partial charge in [-0.25, -0.2) is 0 Å². The van der Waals surface area contributed by atoms with E-state index in [0.29, 0.717) is 32.2 Å². The van der Waals surface area contributed by atoms with E-state index in [1.165, 1.54) is 6.92 Å². The van der Waals surface area contributed by atoms with Crippen molar-refractivity contribution in [2.45, 2.75) is 139 Å². The molecule has 0 aromatic heterocycles. The first-order valence-corrected chi connectivity index (χ1v) is 15.9. The summed E-state index contributed by atoms with van der Waals surface area (Å²) < 4.78 is 0. The summed E-state index contributed by atoms with van der Waals surface area (Å²) >= 11 is 0. The zero-order valence-electron chi connectivity index (χ0n) is 28.2. The van der Waals surface area contributed by atoms with Gasteiger partial charge < -0.3 is 37.0 Å². The van der Waals surface area contributed by atoms with Crippen molar-refractivity contribution in [2.24, 2.45) is 17.8 Å². The topological polar surface area (TPSA) is 195 Å². The lowest BCUT2D eigenvalue weighted by Gasteiger charge is -2.29. The van der Waals surface area contributed by atoms with Crippen LogP contribution in [0.25, 0.3) is 0 Å². The van der Waals surface area contributed by atoms with E-state index >= 15 is 0 Å². The van der Waals surface area contributed by atoms with E-state index in [1.807, 2.05) is 48.5 Å². The highest BCUT2D eigenvalue weighted by molar-refractivity contribution is 5.92. The predicted molar refractivity (Wildman–Crippen MR) is 176 cm³/mol. The molecular weight excluding hydrogens is 580 g/mol. The fourth-order valence-electron chi connectivity index (χ4n) is 4.64. The lowest BCUT2D eigenvalue weighted by atomic mass is 9.95. The van der Waals surface area contributed by atoms with Crippen LogP contribution in [0.1, 0.15) is 108 Å². The minimum atomic E-state index is -1.24. The first-order valence-electron chi connectivity index (χ1n) is 15.9. The maximum atomic E-state index is 13.4. The summed E-state index contributed by atoms with van der Waals surface area (Å²) in [5.74, 6) is -2.54. The molecular formula is C32H62N6O7. The third-order valence-electron chi connectivity index (χ3n) is 6.82. The Labute approximate surface area is 270 Å². The number of aliphatic hydroxyl groups is 1. The zero-order valence-corrected chi connectivity index (χ0v) is 28.2. The third-order valence-corrected chi connectivity index (χ3v) is 6.82. The van der Waals surface area contributed by atoms with Gasteiger partial charge in [0.1, 0.15) is 18.1 Å². The molecule has 7 N–H and O–H groups in total. The van der Waals surface area contributed by atoms with E-state index in [9.17, 15) is 33.9 Å². The van der Waals surface area contributed by atoms with E-state index in [-0.39, 0.29) is 56.4 Å². The number of amides is 6. The largest absolute Gasteiger partial charge is 0.390 e. The molecule has 0 radical (unpaired) electrons. The van der Waals surface area contributed by atoms with Crippen molar-refractivity contribution < 1.29 is 33.9 Å². The second-order valence-electron chi connectivity index (χ2n) is 12.5. The van der Waals surface area contributed by atoms with Gasteiger partial charge in [-0.15, -0.1) is 0 Å². The quantitative estimate of drug-likeness (QED) is 0.0986. The molecule has 0 aliphatic rings. The zero-order chi connectivity index (χ0) is 34.0. The van der Waals surface area contributed by atoms with Crippen molar-refractivity contribution in [3.05, 3.63) is 0 Å². The van der Waals surface area contributed by atoms with Gasteiger partial charge in [-0.05, 0) is 43.9 Å². The number of hydrogen-bond donors (Lipinski definition) is 7. The Morgan fingerprint density at radius 1 is 0.689 bits per heavy atom. The second-order valence-corrected chi connectivity index (χ2v) is 12.5. The van der Waals surface area contributed by atoms with Crippen LogP contribution in [0, 0.1) is 17.8 Å². The summed E-state index contributed by atoms with van der Waals surface area (Å²) in [6.45, 7) is 16.8. The molecule has 0 aliphatic heterocycles. The van der Waals surface area contributed by atoms with Gasteiger partial charge in [0.05, 0.1) is 18.6 Å². The molecule has 6 amide bonds. The van der Waals surface area contributed by atoms with Crippen LogP contribution >= 0.6 is 0 Å². The lowest BCUT2D eigenvalue weighted by molar-refractivity contribution is -0.133. The molecule has 0 bridgehead atoms. The van der Waals surface area contributed by atoms with Crippen molar-refractivity contribution >= 4 is 35.4 Å². The van der Waals surface area contributed by atoms with Crippen LogP contribution < -0.4 is 31.9 Å². The van der Waals surface area contributed by atoms with Crippen LogP contribution in [-0.4, -0.2) is 83.9 Å². The van der Waals surface area contributed by atoms with E-state index in [4.69, 9.17) is 0 Å². The fourth-order valence-corrected chi connectivity index (χ4v) is 4.64. The molecule has 0 aromatic carbocycles. The Balaban J connectivity index is 0. The number of nitrogens with one attached hydrogen (secondary N) is 6. The standard InChI is InChI=1S/C31H58N6O7.CH4/c1-10-12-22(35-30(43)24(16-19(5)6)34-26(40)13-14-33-21(9)38)29(42)36-23(15-18(3)4)25(39)17-27(41)37-28(20(7)8)31(44)32-11-2;/h18-20,22-25,28,39H,10-17H2,1-9H3,(H,32,44)(H,33,38)(H,34,40)(H,35,43)(H,36,42)(H,37,41);1H4/t22-,23-,24-,25-,28-;/m0./s1. The molecule has 45 heavy (non-hydrogen) atoms. The van der Waals surface area contributed by atoms with Gasteiger partial charge in [0.2, 0.25) is 35.4 Å². The van der Waals surface area contributed by atoms with Crippen LogP contribution in [0.5, 0.6) is 0 Å². The summed E-state index contributed by atoms with van der Waals surface area (Å²) in [7, 11) is 0. The van der Waals surface area contributed by atoms with Gasteiger partial charge >= 0.3 is 0 Å². The van der Waals surface area contributed by atoms with E-state index < -0.39 is 53.9 Å². The first-order chi connectivity index (χ1) is 20.5. The summed E-state index contributed by atoms with van der Waals surface area (Å²) in [4.78, 5) is 75.4. The molecule has 0 unspecified atom stereocenters. The molecule has 0 aliphatic carbocycles. The number of carbonyl (C=O) groups excluding carboxylic acids is 6. The Bertz CT molecular complexity index is 941. The molecule has 0 aromatic rings. The van der Waals surface area contributed by atoms with Gasteiger partial charge in [-0.3, -0.25) is 28.8 Å². The number of carbonyl (C=O) groups is 6. The summed E-state index contributed by atoms with van der Waals surface area (Å²) in [5.41, 5.74) is 0. The number of rotatable bonds is 21. The van der Waals surface area contributed by atoms with Gasteiger partial charge in [0.15, 0.2) is 0 Å². The maximum absolute atomic E-state index is 13.4. The first kappa shape index (κ1) is 43.9. The molecule has 0 heterocycles. The second kappa shape index (κ2) is 23.2. The monoisotopic (exact) mass is 642 g/mol. The van der Waals surface area contributed by atoms with Crippen molar-refractivity contribution in [1.29, 1.82) is 0 Å². The smallest absolute Gasteiger partial charge is 0.243 e. The summed E-state index contributed by atoms with van der Waals surface area (Å²) in [5, 5.41) is 27.2. The molecule has 0 spiro atoms. The van der Waals surface area contributed by atoms with Crippen LogP contribution in [0.4, 0.5) is 0 Å². The molecule has 0 fully saturated rings. The van der Waals surface area contributed by atoms with E-state index in [2.05, 4.69) is 31.9 Å². The van der Waals surface area contributed by atoms with Gasteiger partial charge in [0.25, 0.3) is 0 Å². The summed E-state index contributed by atoms with van der Waals surface area (Å²) in [6.07, 6.45) is 0.0451. The van der Waals surface area contributed by atoms with Crippen molar-refractivity contribution in [2.75, 3.05) is 13.1 Å².